The van der Waals surface area contributed by atoms with Crippen LogP contribution in [0.2, 0.25) is 0 Å². The highest BCUT2D eigenvalue weighted by molar-refractivity contribution is 5.59. The zero-order valence-corrected chi connectivity index (χ0v) is 11.0. The first-order valence-corrected chi connectivity index (χ1v) is 6.53. The van der Waals surface area contributed by atoms with Gasteiger partial charge in [-0.2, -0.15) is 18.3 Å². The van der Waals surface area contributed by atoms with E-state index in [1.54, 1.807) is 11.0 Å². The molecule has 0 saturated heterocycles. The molecule has 1 aromatic heterocycles. The van der Waals surface area contributed by atoms with Gasteiger partial charge >= 0.3 is 11.9 Å². The number of hydrogen-bond acceptors (Lipinski definition) is 3. The number of aromatic nitrogens is 3. The Morgan fingerprint density at radius 1 is 1.33 bits per heavy atom. The van der Waals surface area contributed by atoms with Crippen molar-refractivity contribution in [1.82, 2.24) is 15.2 Å². The number of anilines is 1. The van der Waals surface area contributed by atoms with E-state index in [2.05, 4.69) is 15.2 Å². The van der Waals surface area contributed by atoms with E-state index in [1.807, 2.05) is 0 Å². The maximum absolute atomic E-state index is 13.0. The van der Waals surface area contributed by atoms with E-state index < -0.39 is 17.4 Å². The van der Waals surface area contributed by atoms with Crippen LogP contribution in [-0.2, 0) is 19.1 Å². The van der Waals surface area contributed by atoms with Crippen LogP contribution in [0.5, 0.6) is 0 Å². The second-order valence-corrected chi connectivity index (χ2v) is 4.95. The van der Waals surface area contributed by atoms with E-state index in [4.69, 9.17) is 0 Å². The minimum Gasteiger partial charge on any atom is -0.364 e. The lowest BCUT2D eigenvalue weighted by Gasteiger charge is -2.32. The molecule has 2 heterocycles. The topological polar surface area (TPSA) is 64.8 Å². The van der Waals surface area contributed by atoms with Crippen LogP contribution in [0.3, 0.4) is 0 Å². The van der Waals surface area contributed by atoms with Gasteiger partial charge in [-0.25, -0.2) is 9.89 Å². The summed E-state index contributed by atoms with van der Waals surface area (Å²) in [6, 6.07) is 4.19. The zero-order valence-electron chi connectivity index (χ0n) is 11.0. The van der Waals surface area contributed by atoms with Gasteiger partial charge in [-0.1, -0.05) is 6.07 Å². The molecule has 1 aliphatic rings. The molecule has 0 bridgehead atoms. The first-order chi connectivity index (χ1) is 9.95. The number of halogens is 3. The number of hydrogen-bond donors (Lipinski definition) is 2. The van der Waals surface area contributed by atoms with Gasteiger partial charge in [-0.3, -0.25) is 4.98 Å². The third kappa shape index (κ3) is 2.65. The molecule has 21 heavy (non-hydrogen) atoms. The number of fused-ring (bicyclic) bond motifs is 1. The van der Waals surface area contributed by atoms with Crippen LogP contribution in [-0.4, -0.2) is 21.7 Å². The fourth-order valence-corrected chi connectivity index (χ4v) is 2.69. The molecule has 112 valence electrons. The summed E-state index contributed by atoms with van der Waals surface area (Å²) in [6.45, 7) is 0.899. The molecule has 1 aliphatic heterocycles. The molecule has 0 spiro atoms. The monoisotopic (exact) mass is 298 g/mol. The molecule has 2 N–H and O–H groups in total. The van der Waals surface area contributed by atoms with Gasteiger partial charge in [0.1, 0.15) is 5.82 Å². The van der Waals surface area contributed by atoms with E-state index in [1.165, 1.54) is 6.07 Å². The van der Waals surface area contributed by atoms with Crippen LogP contribution in [0.25, 0.3) is 0 Å². The van der Waals surface area contributed by atoms with E-state index in [0.717, 1.165) is 6.07 Å². The quantitative estimate of drug-likeness (QED) is 0.892. The largest absolute Gasteiger partial charge is 0.416 e. The Morgan fingerprint density at radius 2 is 2.14 bits per heavy atom. The van der Waals surface area contributed by atoms with Crippen LogP contribution in [0.4, 0.5) is 18.9 Å². The minimum atomic E-state index is -4.35. The molecule has 8 heteroatoms. The SMILES string of the molecule is O=c1[nH]nc(CN2CCCc3c2cccc3C(F)(F)F)[nH]1. The minimum absolute atomic E-state index is 0.271. The molecule has 0 unspecified atom stereocenters. The van der Waals surface area contributed by atoms with Crippen molar-refractivity contribution < 1.29 is 13.2 Å². The lowest BCUT2D eigenvalue weighted by molar-refractivity contribution is -0.138. The number of rotatable bonds is 2. The van der Waals surface area contributed by atoms with Gasteiger partial charge < -0.3 is 4.90 Å². The molecule has 0 atom stereocenters. The first-order valence-electron chi connectivity index (χ1n) is 6.53. The molecule has 0 saturated carbocycles. The second kappa shape index (κ2) is 4.94. The van der Waals surface area contributed by atoms with Gasteiger partial charge in [0.2, 0.25) is 0 Å². The summed E-state index contributed by atoms with van der Waals surface area (Å²) in [7, 11) is 0. The number of alkyl halides is 3. The molecule has 0 aliphatic carbocycles. The van der Waals surface area contributed by atoms with Crippen molar-refractivity contribution in [2.24, 2.45) is 0 Å². The Balaban J connectivity index is 1.97. The van der Waals surface area contributed by atoms with Gasteiger partial charge in [-0.05, 0) is 30.5 Å². The zero-order chi connectivity index (χ0) is 15.0. The van der Waals surface area contributed by atoms with E-state index in [0.29, 0.717) is 36.5 Å². The molecule has 2 aromatic rings. The second-order valence-electron chi connectivity index (χ2n) is 4.95. The highest BCUT2D eigenvalue weighted by Gasteiger charge is 2.35. The normalized spacial score (nSPS) is 15.1. The molecule has 0 fully saturated rings. The van der Waals surface area contributed by atoms with Gasteiger partial charge in [0, 0.05) is 12.2 Å². The Kier molecular flexibility index (Phi) is 3.23. The number of nitrogens with zero attached hydrogens (tertiary/aromatic N) is 2. The lowest BCUT2D eigenvalue weighted by atomic mass is 9.96. The summed E-state index contributed by atoms with van der Waals surface area (Å²) in [5, 5.41) is 6.05. The Hall–Kier alpha value is -2.25. The third-order valence-corrected chi connectivity index (χ3v) is 3.54. The Labute approximate surface area is 117 Å². The highest BCUT2D eigenvalue weighted by Crippen LogP contribution is 2.39. The average molecular weight is 298 g/mol. The van der Waals surface area contributed by atoms with Crippen LogP contribution < -0.4 is 10.6 Å². The molecule has 0 radical (unpaired) electrons. The fourth-order valence-electron chi connectivity index (χ4n) is 2.69. The summed E-state index contributed by atoms with van der Waals surface area (Å²) in [6.07, 6.45) is -3.32. The van der Waals surface area contributed by atoms with Crippen molar-refractivity contribution in [1.29, 1.82) is 0 Å². The summed E-state index contributed by atoms with van der Waals surface area (Å²) >= 11 is 0. The summed E-state index contributed by atoms with van der Waals surface area (Å²) in [4.78, 5) is 15.3. The fraction of sp³-hybridized carbons (Fsp3) is 0.385. The smallest absolute Gasteiger partial charge is 0.364 e. The van der Waals surface area contributed by atoms with Gasteiger partial charge in [0.15, 0.2) is 0 Å². The standard InChI is InChI=1S/C13H13F3N4O/c14-13(15,16)9-4-1-5-10-8(9)3-2-6-20(10)7-11-17-12(21)19-18-11/h1,4-5H,2-3,6-7H2,(H2,17,18,19,21). The van der Waals surface area contributed by atoms with Crippen molar-refractivity contribution >= 4 is 5.69 Å². The molecule has 5 nitrogen and oxygen atoms in total. The molecule has 0 amide bonds. The summed E-state index contributed by atoms with van der Waals surface area (Å²) in [5.41, 5.74) is -0.138. The van der Waals surface area contributed by atoms with E-state index >= 15 is 0 Å². The predicted octanol–water partition coefficient (Wildman–Crippen LogP) is 2.07. The average Bonchev–Trinajstić information content (AvgIpc) is 2.83. The Morgan fingerprint density at radius 3 is 2.81 bits per heavy atom. The van der Waals surface area contributed by atoms with Crippen LogP contribution in [0.15, 0.2) is 23.0 Å². The third-order valence-electron chi connectivity index (χ3n) is 3.54. The Bertz CT molecular complexity index is 704. The van der Waals surface area contributed by atoms with Gasteiger partial charge in [0.05, 0.1) is 12.1 Å². The summed E-state index contributed by atoms with van der Waals surface area (Å²) < 4.78 is 39.1. The molecule has 1 aromatic carbocycles. The van der Waals surface area contributed by atoms with Crippen LogP contribution in [0, 0.1) is 0 Å². The number of nitrogens with one attached hydrogen (secondary N) is 2. The number of H-pyrrole nitrogens is 2. The van der Waals surface area contributed by atoms with Crippen molar-refractivity contribution in [3.05, 3.63) is 45.6 Å². The molecular weight excluding hydrogens is 285 g/mol. The van der Waals surface area contributed by atoms with Crippen LogP contribution >= 0.6 is 0 Å². The molecular formula is C13H13F3N4O. The molecule has 3 rings (SSSR count). The summed E-state index contributed by atoms with van der Waals surface area (Å²) in [5.74, 6) is 0.408. The van der Waals surface area contributed by atoms with E-state index in [9.17, 15) is 18.0 Å². The number of aromatic amines is 2. The van der Waals surface area contributed by atoms with Gasteiger partial charge in [0.25, 0.3) is 0 Å². The van der Waals surface area contributed by atoms with Crippen molar-refractivity contribution in [3.8, 4) is 0 Å². The van der Waals surface area contributed by atoms with Crippen molar-refractivity contribution in [2.45, 2.75) is 25.6 Å². The predicted molar refractivity (Wildman–Crippen MR) is 70.0 cm³/mol. The maximum atomic E-state index is 13.0. The first kappa shape index (κ1) is 13.7. The van der Waals surface area contributed by atoms with Crippen LogP contribution in [0.1, 0.15) is 23.4 Å². The van der Waals surface area contributed by atoms with Crippen molar-refractivity contribution in [3.63, 3.8) is 0 Å². The lowest BCUT2D eigenvalue weighted by Crippen LogP contribution is -2.30. The number of benzene rings is 1. The van der Waals surface area contributed by atoms with Gasteiger partial charge in [-0.15, -0.1) is 0 Å². The maximum Gasteiger partial charge on any atom is 0.416 e. The van der Waals surface area contributed by atoms with E-state index in [-0.39, 0.29) is 6.54 Å². The van der Waals surface area contributed by atoms with Crippen molar-refractivity contribution in [2.75, 3.05) is 11.4 Å². The highest BCUT2D eigenvalue weighted by atomic mass is 19.4.